The average molecular weight is 560 g/mol. The van der Waals surface area contributed by atoms with Gasteiger partial charge in [-0.05, 0) is 42.4 Å². The van der Waals surface area contributed by atoms with Crippen molar-refractivity contribution in [1.82, 2.24) is 19.7 Å². The molecule has 200 valence electrons. The molecule has 11 heteroatoms. The summed E-state index contributed by atoms with van der Waals surface area (Å²) in [6, 6.07) is 6.15. The molecule has 1 aliphatic rings. The van der Waals surface area contributed by atoms with E-state index in [2.05, 4.69) is 85.6 Å². The molecule has 4 rings (SSSR count). The van der Waals surface area contributed by atoms with Gasteiger partial charge in [0.05, 0.1) is 11.4 Å². The van der Waals surface area contributed by atoms with Crippen LogP contribution in [0.3, 0.4) is 0 Å². The minimum Gasteiger partial charge on any atom is -0.668 e. The summed E-state index contributed by atoms with van der Waals surface area (Å²) in [4.78, 5) is 21.7. The van der Waals surface area contributed by atoms with Crippen LogP contribution in [0.2, 0.25) is 39.3 Å². The maximum absolute atomic E-state index is 13.2. The molecule has 1 aromatic carbocycles. The Morgan fingerprint density at radius 1 is 1.05 bits per heavy atom. The van der Waals surface area contributed by atoms with Crippen LogP contribution in [0.1, 0.15) is 46.6 Å². The fourth-order valence-corrected chi connectivity index (χ4v) is 13.0. The van der Waals surface area contributed by atoms with Crippen molar-refractivity contribution in [2.24, 2.45) is 7.05 Å². The number of nitrogens with one attached hydrogen (secondary N) is 1. The Morgan fingerprint density at radius 3 is 2.13 bits per heavy atom. The van der Waals surface area contributed by atoms with E-state index in [0.717, 1.165) is 65.0 Å². The van der Waals surface area contributed by atoms with Crippen LogP contribution < -0.4 is 40.6 Å². The van der Waals surface area contributed by atoms with Gasteiger partial charge in [-0.3, -0.25) is 9.48 Å². The number of aryl methyl sites for hydroxylation is 4. The third-order valence-electron chi connectivity index (χ3n) is 6.02. The summed E-state index contributed by atoms with van der Waals surface area (Å²) in [6.45, 7) is 18.0. The third kappa shape index (κ3) is 8.09. The Morgan fingerprint density at radius 2 is 1.63 bits per heavy atom. The summed E-state index contributed by atoms with van der Waals surface area (Å²) >= 11 is 0. The number of hydrogen-bond donors (Lipinski definition) is 2. The van der Waals surface area contributed by atoms with Gasteiger partial charge in [0.25, 0.3) is 5.91 Å². The first kappa shape index (κ1) is 32.4. The van der Waals surface area contributed by atoms with Crippen LogP contribution >= 0.6 is 0 Å². The van der Waals surface area contributed by atoms with Gasteiger partial charge in [0, 0.05) is 24.5 Å². The van der Waals surface area contributed by atoms with Gasteiger partial charge in [-0.15, -0.1) is 0 Å². The largest absolute Gasteiger partial charge is 1.00 e. The number of fused-ring (bicyclic) bond motifs is 3. The number of carbonyl (C=O) groups is 1. The number of carbonyl (C=O) groups excluding carboxylic acids is 1. The summed E-state index contributed by atoms with van der Waals surface area (Å²) in [5.74, 6) is 0.0428. The standard InChI is InChI=1S/C21H24N6O.C6H18NSi2.Na/c1-4-12-7-6-8-13(5-2)16(12)24-20(28)18-15-10-9-14-11-23-21(22)25-17(14)19(15)27(3)26-18;1-8(2,3)7-9(4,5)6;/h6-8,11H,4-5,9-10H2,1-3H3,(H,24,28)(H2,22,23,25);1-6H3;/q;-1;+1. The molecular formula is C27H42N7NaOSi2. The molecule has 0 atom stereocenters. The van der Waals surface area contributed by atoms with Crippen molar-refractivity contribution in [1.29, 1.82) is 0 Å². The summed E-state index contributed by atoms with van der Waals surface area (Å²) in [5, 5.41) is 7.66. The number of aromatic nitrogens is 4. The maximum atomic E-state index is 13.2. The van der Waals surface area contributed by atoms with Crippen LogP contribution in [0.15, 0.2) is 24.4 Å². The quantitative estimate of drug-likeness (QED) is 0.451. The van der Waals surface area contributed by atoms with Gasteiger partial charge < -0.3 is 15.7 Å². The monoisotopic (exact) mass is 559 g/mol. The molecule has 1 amide bonds. The van der Waals surface area contributed by atoms with Gasteiger partial charge in [-0.2, -0.15) is 5.10 Å². The maximum Gasteiger partial charge on any atom is 1.00 e. The van der Waals surface area contributed by atoms with E-state index in [1.165, 1.54) is 0 Å². The Labute approximate surface area is 252 Å². The minimum absolute atomic E-state index is 0. The molecule has 38 heavy (non-hydrogen) atoms. The second-order valence-corrected chi connectivity index (χ2v) is 21.0. The van der Waals surface area contributed by atoms with Crippen LogP contribution in [-0.2, 0) is 32.7 Å². The molecule has 8 nitrogen and oxygen atoms in total. The predicted molar refractivity (Wildman–Crippen MR) is 159 cm³/mol. The number of nitrogens with zero attached hydrogens (tertiary/aromatic N) is 5. The Bertz CT molecular complexity index is 1250. The van der Waals surface area contributed by atoms with Crippen molar-refractivity contribution in [3.05, 3.63) is 57.0 Å². The molecule has 0 fully saturated rings. The summed E-state index contributed by atoms with van der Waals surface area (Å²) in [7, 11) is -0.378. The minimum atomic E-state index is -1.11. The molecule has 3 N–H and O–H groups in total. The van der Waals surface area contributed by atoms with Gasteiger partial charge in [0.1, 0.15) is 0 Å². The molecule has 0 unspecified atom stereocenters. The first-order chi connectivity index (χ1) is 17.2. The molecule has 0 aliphatic heterocycles. The molecule has 2 aromatic heterocycles. The Hall–Kier alpha value is -1.83. The first-order valence-corrected chi connectivity index (χ1v) is 20.0. The van der Waals surface area contributed by atoms with Crippen LogP contribution in [0.4, 0.5) is 11.6 Å². The fraction of sp³-hybridized carbons (Fsp3) is 0.481. The van der Waals surface area contributed by atoms with E-state index in [4.69, 9.17) is 10.4 Å². The van der Waals surface area contributed by atoms with E-state index in [1.54, 1.807) is 10.9 Å². The topological polar surface area (TPSA) is 113 Å². The molecular weight excluding hydrogens is 518 g/mol. The number of rotatable bonds is 6. The van der Waals surface area contributed by atoms with Crippen LogP contribution in [0.25, 0.3) is 16.0 Å². The molecule has 1 aliphatic carbocycles. The second-order valence-electron chi connectivity index (χ2n) is 11.5. The predicted octanol–water partition coefficient (Wildman–Crippen LogP) is 2.97. The van der Waals surface area contributed by atoms with Gasteiger partial charge in [0.2, 0.25) is 5.95 Å². The van der Waals surface area contributed by atoms with E-state index in [1.807, 2.05) is 13.1 Å². The van der Waals surface area contributed by atoms with Gasteiger partial charge >= 0.3 is 29.6 Å². The Kier molecular flexibility index (Phi) is 11.1. The van der Waals surface area contributed by atoms with Crippen molar-refractivity contribution in [3.63, 3.8) is 0 Å². The molecule has 0 saturated heterocycles. The summed E-state index contributed by atoms with van der Waals surface area (Å²) in [5.41, 5.74) is 13.0. The number of amides is 1. The van der Waals surface area contributed by atoms with Crippen LogP contribution in [0, 0.1) is 0 Å². The van der Waals surface area contributed by atoms with Gasteiger partial charge in [0.15, 0.2) is 5.69 Å². The fourth-order valence-electron chi connectivity index (χ4n) is 4.93. The number of nitrogens with two attached hydrogens (primary N) is 1. The van der Waals surface area contributed by atoms with Gasteiger partial charge in [-0.25, -0.2) is 9.97 Å². The van der Waals surface area contributed by atoms with Crippen molar-refractivity contribution in [3.8, 4) is 11.4 Å². The molecule has 0 radical (unpaired) electrons. The number of para-hydroxylation sites is 1. The van der Waals surface area contributed by atoms with Crippen molar-refractivity contribution in [2.75, 3.05) is 11.1 Å². The van der Waals surface area contributed by atoms with Crippen LogP contribution in [0.5, 0.6) is 0 Å². The third-order valence-corrected chi connectivity index (χ3v) is 11.4. The van der Waals surface area contributed by atoms with E-state index in [-0.39, 0.29) is 41.4 Å². The van der Waals surface area contributed by atoms with Crippen molar-refractivity contribution < 1.29 is 34.4 Å². The van der Waals surface area contributed by atoms with Crippen molar-refractivity contribution >= 4 is 34.0 Å². The molecule has 0 spiro atoms. The molecule has 2 heterocycles. The molecule has 0 saturated carbocycles. The van der Waals surface area contributed by atoms with E-state index in [0.29, 0.717) is 5.69 Å². The summed E-state index contributed by atoms with van der Waals surface area (Å²) < 4.78 is 6.54. The SMILES string of the molecule is CCc1cccc(CC)c1NC(=O)c1nn(C)c2c1CCc1cnc(N)nc1-2.C[Si](C)(C)[N-][Si](C)(C)C.[Na+]. The number of anilines is 2. The van der Waals surface area contributed by atoms with Crippen molar-refractivity contribution in [2.45, 2.75) is 78.8 Å². The Balaban J connectivity index is 0.000000439. The average Bonchev–Trinajstić information content (AvgIpc) is 3.14. The van der Waals surface area contributed by atoms with E-state index < -0.39 is 16.5 Å². The number of nitrogen functional groups attached to an aromatic ring is 1. The van der Waals surface area contributed by atoms with Crippen LogP contribution in [-0.4, -0.2) is 42.1 Å². The normalized spacial score (nSPS) is 12.4. The zero-order valence-electron chi connectivity index (χ0n) is 24.9. The van der Waals surface area contributed by atoms with Gasteiger partial charge in [-0.1, -0.05) is 87.8 Å². The summed E-state index contributed by atoms with van der Waals surface area (Å²) in [6.07, 6.45) is 4.96. The second kappa shape index (κ2) is 13.0. The molecule has 0 bridgehead atoms. The number of benzene rings is 1. The smallest absolute Gasteiger partial charge is 0.668 e. The number of hydrogen-bond acceptors (Lipinski definition) is 5. The zero-order valence-corrected chi connectivity index (χ0v) is 28.9. The van der Waals surface area contributed by atoms with E-state index in [9.17, 15) is 4.79 Å². The first-order valence-electron chi connectivity index (χ1n) is 13.1. The zero-order chi connectivity index (χ0) is 27.5. The molecule has 3 aromatic rings. The van der Waals surface area contributed by atoms with E-state index >= 15 is 0 Å².